The van der Waals surface area contributed by atoms with E-state index in [0.717, 1.165) is 12.3 Å². The number of hydrogen-bond donors (Lipinski definition) is 2. The van der Waals surface area contributed by atoms with Crippen LogP contribution in [0.3, 0.4) is 0 Å². The van der Waals surface area contributed by atoms with Crippen LogP contribution in [-0.4, -0.2) is 31.5 Å². The van der Waals surface area contributed by atoms with Gasteiger partial charge in [0.05, 0.1) is 0 Å². The summed E-state index contributed by atoms with van der Waals surface area (Å²) in [5.41, 5.74) is 0.187. The van der Waals surface area contributed by atoms with Gasteiger partial charge in [-0.1, -0.05) is 13.0 Å². The number of benzene rings is 1. The fourth-order valence-electron chi connectivity index (χ4n) is 1.34. The molecule has 4 nitrogen and oxygen atoms in total. The Morgan fingerprint density at radius 1 is 1.44 bits per heavy atom. The minimum Gasteiger partial charge on any atom is -0.505 e. The molecule has 0 spiro atoms. The van der Waals surface area contributed by atoms with Gasteiger partial charge in [-0.15, -0.1) is 0 Å². The lowest BCUT2D eigenvalue weighted by Gasteiger charge is -2.12. The van der Waals surface area contributed by atoms with Crippen molar-refractivity contribution in [1.29, 1.82) is 0 Å². The van der Waals surface area contributed by atoms with E-state index in [1.165, 1.54) is 6.07 Å². The summed E-state index contributed by atoms with van der Waals surface area (Å²) in [6.45, 7) is 1.33. The predicted octanol–water partition coefficient (Wildman–Crippen LogP) is 1.03. The van der Waals surface area contributed by atoms with Crippen molar-refractivity contribution in [2.45, 2.75) is 17.7 Å². The highest BCUT2D eigenvalue weighted by Crippen LogP contribution is 2.31. The molecule has 0 heterocycles. The molecule has 1 unspecified atom stereocenters. The van der Waals surface area contributed by atoms with Crippen molar-refractivity contribution in [1.82, 2.24) is 0 Å². The van der Waals surface area contributed by atoms with E-state index in [-0.39, 0.29) is 12.2 Å². The van der Waals surface area contributed by atoms with Crippen LogP contribution >= 0.6 is 0 Å². The molecule has 0 aromatic heterocycles. The van der Waals surface area contributed by atoms with E-state index in [0.29, 0.717) is 0 Å². The van der Waals surface area contributed by atoms with Crippen LogP contribution in [0.2, 0.25) is 0 Å². The number of sulfone groups is 1. The molecule has 90 valence electrons. The van der Waals surface area contributed by atoms with Crippen LogP contribution in [0.25, 0.3) is 0 Å². The van der Waals surface area contributed by atoms with Crippen molar-refractivity contribution in [3.8, 4) is 5.75 Å². The Morgan fingerprint density at radius 3 is 2.44 bits per heavy atom. The molecule has 0 saturated carbocycles. The van der Waals surface area contributed by atoms with Gasteiger partial charge in [-0.05, 0) is 6.07 Å². The van der Waals surface area contributed by atoms with Gasteiger partial charge in [0.1, 0.15) is 4.90 Å². The van der Waals surface area contributed by atoms with Gasteiger partial charge in [0, 0.05) is 24.3 Å². The van der Waals surface area contributed by atoms with Gasteiger partial charge in [-0.25, -0.2) is 12.8 Å². The molecule has 1 aromatic carbocycles. The first-order valence-electron chi connectivity index (χ1n) is 4.61. The monoisotopic (exact) mass is 248 g/mol. The van der Waals surface area contributed by atoms with Crippen LogP contribution in [0.5, 0.6) is 5.75 Å². The Kier molecular flexibility index (Phi) is 3.54. The van der Waals surface area contributed by atoms with Crippen molar-refractivity contribution in [2.75, 3.05) is 12.9 Å². The zero-order valence-electron chi connectivity index (χ0n) is 8.94. The average molecular weight is 248 g/mol. The Hall–Kier alpha value is -1.14. The molecule has 1 aromatic rings. The summed E-state index contributed by atoms with van der Waals surface area (Å²) >= 11 is 0. The van der Waals surface area contributed by atoms with Crippen LogP contribution in [-0.2, 0) is 9.84 Å². The van der Waals surface area contributed by atoms with Crippen molar-refractivity contribution in [2.24, 2.45) is 0 Å². The zero-order valence-corrected chi connectivity index (χ0v) is 9.75. The fourth-order valence-corrected chi connectivity index (χ4v) is 2.08. The summed E-state index contributed by atoms with van der Waals surface area (Å²) in [4.78, 5) is -0.543. The van der Waals surface area contributed by atoms with Crippen molar-refractivity contribution < 1.29 is 23.0 Å². The van der Waals surface area contributed by atoms with Gasteiger partial charge < -0.3 is 10.2 Å². The van der Waals surface area contributed by atoms with E-state index in [2.05, 4.69) is 0 Å². The van der Waals surface area contributed by atoms with Crippen LogP contribution in [0, 0.1) is 5.82 Å². The number of hydrogen-bond acceptors (Lipinski definition) is 4. The summed E-state index contributed by atoms with van der Waals surface area (Å²) < 4.78 is 35.9. The SMILES string of the molecule is CC(CO)c1ccc(S(C)(=O)=O)c(F)c1O. The van der Waals surface area contributed by atoms with E-state index < -0.39 is 32.2 Å². The lowest BCUT2D eigenvalue weighted by molar-refractivity contribution is 0.269. The highest BCUT2D eigenvalue weighted by atomic mass is 32.2. The van der Waals surface area contributed by atoms with E-state index in [1.54, 1.807) is 6.92 Å². The molecule has 0 aliphatic heterocycles. The van der Waals surface area contributed by atoms with E-state index in [1.807, 2.05) is 0 Å². The van der Waals surface area contributed by atoms with Gasteiger partial charge in [-0.2, -0.15) is 0 Å². The average Bonchev–Trinajstić information content (AvgIpc) is 2.19. The summed E-state index contributed by atoms with van der Waals surface area (Å²) in [7, 11) is -3.70. The molecular formula is C10H13FO4S. The summed E-state index contributed by atoms with van der Waals surface area (Å²) in [6.07, 6.45) is 0.861. The van der Waals surface area contributed by atoms with Gasteiger partial charge >= 0.3 is 0 Å². The molecule has 16 heavy (non-hydrogen) atoms. The standard InChI is InChI=1S/C10H13FO4S/c1-6(5-12)7-3-4-8(16(2,14)15)9(11)10(7)13/h3-4,6,12-13H,5H2,1-2H3. The number of halogens is 1. The van der Waals surface area contributed by atoms with Crippen LogP contribution < -0.4 is 0 Å². The molecule has 1 rings (SSSR count). The van der Waals surface area contributed by atoms with Crippen LogP contribution in [0.4, 0.5) is 4.39 Å². The Bertz CT molecular complexity index is 496. The third-order valence-corrected chi connectivity index (χ3v) is 3.43. The molecule has 0 aliphatic carbocycles. The minimum atomic E-state index is -3.70. The van der Waals surface area contributed by atoms with E-state index >= 15 is 0 Å². The second-order valence-electron chi connectivity index (χ2n) is 3.67. The van der Waals surface area contributed by atoms with E-state index in [9.17, 15) is 17.9 Å². The number of phenols is 1. The Balaban J connectivity index is 3.41. The predicted molar refractivity (Wildman–Crippen MR) is 56.7 cm³/mol. The smallest absolute Gasteiger partial charge is 0.183 e. The van der Waals surface area contributed by atoms with Crippen molar-refractivity contribution >= 4 is 9.84 Å². The third-order valence-electron chi connectivity index (χ3n) is 2.32. The number of aliphatic hydroxyl groups is 1. The fraction of sp³-hybridized carbons (Fsp3) is 0.400. The number of aliphatic hydroxyl groups excluding tert-OH is 1. The first-order chi connectivity index (χ1) is 7.29. The Morgan fingerprint density at radius 2 is 2.00 bits per heavy atom. The maximum Gasteiger partial charge on any atom is 0.183 e. The number of rotatable bonds is 3. The highest BCUT2D eigenvalue weighted by Gasteiger charge is 2.21. The van der Waals surface area contributed by atoms with Gasteiger partial charge in [0.25, 0.3) is 0 Å². The van der Waals surface area contributed by atoms with Crippen molar-refractivity contribution in [3.05, 3.63) is 23.5 Å². The normalized spacial score (nSPS) is 13.8. The first kappa shape index (κ1) is 12.9. The zero-order chi connectivity index (χ0) is 12.5. The quantitative estimate of drug-likeness (QED) is 0.837. The van der Waals surface area contributed by atoms with Gasteiger partial charge in [0.15, 0.2) is 21.4 Å². The summed E-state index contributed by atoms with van der Waals surface area (Å²) in [5, 5.41) is 18.4. The third kappa shape index (κ3) is 2.33. The molecule has 0 bridgehead atoms. The lowest BCUT2D eigenvalue weighted by atomic mass is 10.0. The van der Waals surface area contributed by atoms with Crippen molar-refractivity contribution in [3.63, 3.8) is 0 Å². The Labute approximate surface area is 93.3 Å². The molecule has 0 radical (unpaired) electrons. The highest BCUT2D eigenvalue weighted by molar-refractivity contribution is 7.90. The molecule has 0 amide bonds. The molecule has 6 heteroatoms. The summed E-state index contributed by atoms with van der Waals surface area (Å²) in [6, 6.07) is 2.39. The maximum absolute atomic E-state index is 13.5. The minimum absolute atomic E-state index is 0.187. The summed E-state index contributed by atoms with van der Waals surface area (Å²) in [5.74, 6) is -2.34. The molecule has 0 fully saturated rings. The number of aromatic hydroxyl groups is 1. The molecule has 1 atom stereocenters. The molecule has 0 saturated heterocycles. The van der Waals surface area contributed by atoms with Crippen LogP contribution in [0.15, 0.2) is 17.0 Å². The van der Waals surface area contributed by atoms with Gasteiger partial charge in [0.2, 0.25) is 0 Å². The van der Waals surface area contributed by atoms with Crippen LogP contribution in [0.1, 0.15) is 18.4 Å². The van der Waals surface area contributed by atoms with E-state index in [4.69, 9.17) is 5.11 Å². The molecular weight excluding hydrogens is 235 g/mol. The number of phenolic OH excluding ortho intramolecular Hbond substituents is 1. The first-order valence-corrected chi connectivity index (χ1v) is 6.50. The lowest BCUT2D eigenvalue weighted by Crippen LogP contribution is -2.05. The molecule has 2 N–H and O–H groups in total. The maximum atomic E-state index is 13.5. The second-order valence-corrected chi connectivity index (χ2v) is 5.66. The largest absolute Gasteiger partial charge is 0.505 e. The van der Waals surface area contributed by atoms with Gasteiger partial charge in [-0.3, -0.25) is 0 Å². The second kappa shape index (κ2) is 4.39. The topological polar surface area (TPSA) is 74.6 Å². The molecule has 0 aliphatic rings.